The zero-order chi connectivity index (χ0) is 13.3. The second kappa shape index (κ2) is 5.76. The van der Waals surface area contributed by atoms with E-state index in [0.717, 1.165) is 38.4 Å². The molecular formula is C13H12Br2ClNO. The minimum atomic E-state index is 0.669. The van der Waals surface area contributed by atoms with Gasteiger partial charge in [0.25, 0.3) is 0 Å². The Balaban J connectivity index is 2.81. The number of benzene rings is 1. The maximum Gasteiger partial charge on any atom is 0.144 e. The predicted octanol–water partition coefficient (Wildman–Crippen LogP) is 5.37. The molecule has 0 saturated heterocycles. The van der Waals surface area contributed by atoms with E-state index in [-0.39, 0.29) is 0 Å². The number of pyridine rings is 1. The summed E-state index contributed by atoms with van der Waals surface area (Å²) >= 11 is 13.4. The summed E-state index contributed by atoms with van der Waals surface area (Å²) in [5.74, 6) is 0.716. The molecule has 0 fully saturated rings. The Hall–Kier alpha value is -0.320. The fourth-order valence-electron chi connectivity index (χ4n) is 1.90. The Morgan fingerprint density at radius 3 is 2.61 bits per heavy atom. The van der Waals surface area contributed by atoms with E-state index in [9.17, 15) is 0 Å². The van der Waals surface area contributed by atoms with E-state index >= 15 is 0 Å². The molecule has 18 heavy (non-hydrogen) atoms. The number of nitrogens with zero attached hydrogens (tertiary/aromatic N) is 1. The van der Waals surface area contributed by atoms with Crippen LogP contribution in [0.2, 0.25) is 5.02 Å². The van der Waals surface area contributed by atoms with Crippen molar-refractivity contribution in [2.45, 2.75) is 19.8 Å². The van der Waals surface area contributed by atoms with E-state index in [1.165, 1.54) is 0 Å². The van der Waals surface area contributed by atoms with Crippen LogP contribution in [0.15, 0.2) is 21.1 Å². The van der Waals surface area contributed by atoms with Crippen LogP contribution in [0.5, 0.6) is 5.75 Å². The lowest BCUT2D eigenvalue weighted by Gasteiger charge is -2.12. The highest BCUT2D eigenvalue weighted by molar-refractivity contribution is 9.11. The molecule has 0 aliphatic rings. The van der Waals surface area contributed by atoms with Gasteiger partial charge in [0.05, 0.1) is 27.5 Å². The van der Waals surface area contributed by atoms with Crippen molar-refractivity contribution in [2.75, 3.05) is 7.11 Å². The minimum Gasteiger partial charge on any atom is -0.495 e. The summed E-state index contributed by atoms with van der Waals surface area (Å²) in [6.45, 7) is 2.12. The average Bonchev–Trinajstić information content (AvgIpc) is 2.31. The first-order valence-electron chi connectivity index (χ1n) is 5.59. The van der Waals surface area contributed by atoms with Gasteiger partial charge in [0.15, 0.2) is 0 Å². The normalized spacial score (nSPS) is 10.9. The van der Waals surface area contributed by atoms with Crippen LogP contribution in [0.1, 0.15) is 19.0 Å². The van der Waals surface area contributed by atoms with Crippen LogP contribution in [0, 0.1) is 0 Å². The molecule has 0 bridgehead atoms. The van der Waals surface area contributed by atoms with Crippen molar-refractivity contribution in [1.82, 2.24) is 4.98 Å². The van der Waals surface area contributed by atoms with Crippen molar-refractivity contribution >= 4 is 54.4 Å². The number of hydrogen-bond acceptors (Lipinski definition) is 2. The second-order valence-corrected chi connectivity index (χ2v) is 6.06. The molecule has 0 radical (unpaired) electrons. The lowest BCUT2D eigenvalue weighted by atomic mass is 10.1. The minimum absolute atomic E-state index is 0.669. The van der Waals surface area contributed by atoms with Gasteiger partial charge in [-0.3, -0.25) is 4.98 Å². The SMILES string of the molecule is CCCc1cc(Cl)c2c(OC)c(Br)cc(Br)c2n1. The van der Waals surface area contributed by atoms with Crippen molar-refractivity contribution in [3.63, 3.8) is 0 Å². The van der Waals surface area contributed by atoms with Gasteiger partial charge < -0.3 is 4.74 Å². The molecule has 0 amide bonds. The molecule has 0 aliphatic heterocycles. The van der Waals surface area contributed by atoms with Crippen LogP contribution in [0.25, 0.3) is 10.9 Å². The Bertz CT molecular complexity index is 601. The largest absolute Gasteiger partial charge is 0.495 e. The third kappa shape index (κ3) is 2.51. The molecule has 2 nitrogen and oxygen atoms in total. The highest BCUT2D eigenvalue weighted by atomic mass is 79.9. The zero-order valence-electron chi connectivity index (χ0n) is 10.1. The molecule has 0 saturated carbocycles. The molecule has 0 atom stereocenters. The molecule has 0 spiro atoms. The Morgan fingerprint density at radius 1 is 1.28 bits per heavy atom. The van der Waals surface area contributed by atoms with Gasteiger partial charge in [-0.2, -0.15) is 0 Å². The van der Waals surface area contributed by atoms with Gasteiger partial charge in [-0.25, -0.2) is 0 Å². The molecule has 1 aromatic carbocycles. The van der Waals surface area contributed by atoms with Crippen molar-refractivity contribution in [1.29, 1.82) is 0 Å². The van der Waals surface area contributed by atoms with Crippen molar-refractivity contribution in [3.8, 4) is 5.75 Å². The zero-order valence-corrected chi connectivity index (χ0v) is 14.0. The van der Waals surface area contributed by atoms with Crippen LogP contribution in [-0.2, 0) is 6.42 Å². The topological polar surface area (TPSA) is 22.1 Å². The number of rotatable bonds is 3. The van der Waals surface area contributed by atoms with Gasteiger partial charge in [-0.15, -0.1) is 0 Å². The molecular weight excluding hydrogens is 381 g/mol. The lowest BCUT2D eigenvalue weighted by molar-refractivity contribution is 0.417. The number of ether oxygens (including phenoxy) is 1. The summed E-state index contributed by atoms with van der Waals surface area (Å²) in [6, 6.07) is 3.84. The molecule has 2 rings (SSSR count). The summed E-state index contributed by atoms with van der Waals surface area (Å²) in [6.07, 6.45) is 1.96. The molecule has 1 aromatic heterocycles. The number of hydrogen-bond donors (Lipinski definition) is 0. The Labute approximate surface area is 128 Å². The lowest BCUT2D eigenvalue weighted by Crippen LogP contribution is -1.95. The fourth-order valence-corrected chi connectivity index (χ4v) is 3.61. The van der Waals surface area contributed by atoms with Gasteiger partial charge in [-0.1, -0.05) is 24.9 Å². The third-order valence-corrected chi connectivity index (χ3v) is 4.15. The molecule has 1 heterocycles. The van der Waals surface area contributed by atoms with Gasteiger partial charge in [0, 0.05) is 10.2 Å². The van der Waals surface area contributed by atoms with Gasteiger partial charge in [-0.05, 0) is 50.4 Å². The van der Waals surface area contributed by atoms with Gasteiger partial charge in [0.2, 0.25) is 0 Å². The summed E-state index contributed by atoms with van der Waals surface area (Å²) < 4.78 is 7.17. The molecule has 5 heteroatoms. The van der Waals surface area contributed by atoms with E-state index < -0.39 is 0 Å². The molecule has 0 unspecified atom stereocenters. The first-order valence-corrected chi connectivity index (χ1v) is 7.56. The van der Waals surface area contributed by atoms with Crippen LogP contribution < -0.4 is 4.74 Å². The summed E-state index contributed by atoms with van der Waals surface area (Å²) in [4.78, 5) is 4.64. The van der Waals surface area contributed by atoms with Crippen molar-refractivity contribution < 1.29 is 4.74 Å². The maximum absolute atomic E-state index is 6.36. The Morgan fingerprint density at radius 2 is 2.00 bits per heavy atom. The summed E-state index contributed by atoms with van der Waals surface area (Å²) in [5, 5.41) is 1.50. The van der Waals surface area contributed by atoms with Crippen LogP contribution in [0.3, 0.4) is 0 Å². The van der Waals surface area contributed by atoms with E-state index in [1.807, 2.05) is 12.1 Å². The third-order valence-electron chi connectivity index (χ3n) is 2.66. The van der Waals surface area contributed by atoms with Crippen LogP contribution in [-0.4, -0.2) is 12.1 Å². The highest BCUT2D eigenvalue weighted by Gasteiger charge is 2.15. The summed E-state index contributed by atoms with van der Waals surface area (Å²) in [7, 11) is 1.63. The first-order chi connectivity index (χ1) is 8.58. The molecule has 2 aromatic rings. The van der Waals surface area contributed by atoms with E-state index in [1.54, 1.807) is 7.11 Å². The molecule has 0 N–H and O–H groups in total. The molecule has 0 aliphatic carbocycles. The second-order valence-electron chi connectivity index (χ2n) is 3.94. The first kappa shape index (κ1) is 14.1. The van der Waals surface area contributed by atoms with Gasteiger partial charge >= 0.3 is 0 Å². The average molecular weight is 394 g/mol. The highest BCUT2D eigenvalue weighted by Crippen LogP contribution is 2.41. The smallest absolute Gasteiger partial charge is 0.144 e. The van der Waals surface area contributed by atoms with Crippen molar-refractivity contribution in [3.05, 3.63) is 31.8 Å². The standard InChI is InChI=1S/C13H12Br2ClNO/c1-3-4-7-5-10(16)11-12(17-7)8(14)6-9(15)13(11)18-2/h5-6H,3-4H2,1-2H3. The Kier molecular flexibility index (Phi) is 4.51. The van der Waals surface area contributed by atoms with E-state index in [0.29, 0.717) is 10.8 Å². The number of halogens is 3. The van der Waals surface area contributed by atoms with E-state index in [4.69, 9.17) is 16.3 Å². The van der Waals surface area contributed by atoms with Crippen LogP contribution >= 0.6 is 43.5 Å². The monoisotopic (exact) mass is 391 g/mol. The fraction of sp³-hybridized carbons (Fsp3) is 0.308. The number of fused-ring (bicyclic) bond motifs is 1. The number of aryl methyl sites for hydroxylation is 1. The van der Waals surface area contributed by atoms with Crippen LogP contribution in [0.4, 0.5) is 0 Å². The summed E-state index contributed by atoms with van der Waals surface area (Å²) in [5.41, 5.74) is 1.84. The number of methoxy groups -OCH3 is 1. The van der Waals surface area contributed by atoms with Crippen molar-refractivity contribution in [2.24, 2.45) is 0 Å². The number of aromatic nitrogens is 1. The maximum atomic E-state index is 6.36. The van der Waals surface area contributed by atoms with E-state index in [2.05, 4.69) is 43.8 Å². The quantitative estimate of drug-likeness (QED) is 0.699. The predicted molar refractivity (Wildman–Crippen MR) is 82.7 cm³/mol. The molecule has 96 valence electrons. The van der Waals surface area contributed by atoms with Gasteiger partial charge in [0.1, 0.15) is 5.75 Å².